The molecule has 146 valence electrons. The van der Waals surface area contributed by atoms with Crippen molar-refractivity contribution in [2.45, 2.75) is 77.6 Å². The van der Waals surface area contributed by atoms with E-state index in [1.165, 1.54) is 0 Å². The molecule has 1 heterocycles. The van der Waals surface area contributed by atoms with Crippen LogP contribution in [0, 0.1) is 17.8 Å². The van der Waals surface area contributed by atoms with Gasteiger partial charge in [0.1, 0.15) is 17.5 Å². The predicted molar refractivity (Wildman–Crippen MR) is 95.1 cm³/mol. The highest BCUT2D eigenvalue weighted by molar-refractivity contribution is 5.93. The van der Waals surface area contributed by atoms with Gasteiger partial charge in [0.05, 0.1) is 5.92 Å². The van der Waals surface area contributed by atoms with Crippen LogP contribution >= 0.6 is 0 Å². The molecule has 2 rings (SSSR count). The highest BCUT2D eigenvalue weighted by Gasteiger charge is 2.52. The van der Waals surface area contributed by atoms with Gasteiger partial charge in [-0.15, -0.1) is 0 Å². The van der Waals surface area contributed by atoms with Crippen LogP contribution in [0.3, 0.4) is 0 Å². The second-order valence-corrected chi connectivity index (χ2v) is 7.99. The smallest absolute Gasteiger partial charge is 0.334 e. The van der Waals surface area contributed by atoms with E-state index in [1.54, 1.807) is 13.8 Å². The van der Waals surface area contributed by atoms with Crippen molar-refractivity contribution in [3.05, 3.63) is 12.2 Å². The maximum Gasteiger partial charge on any atom is 0.334 e. The summed E-state index contributed by atoms with van der Waals surface area (Å²) in [6.07, 6.45) is 0.374. The van der Waals surface area contributed by atoms with Gasteiger partial charge >= 0.3 is 11.9 Å². The molecule has 0 aromatic carbocycles. The van der Waals surface area contributed by atoms with Crippen LogP contribution < -0.4 is 0 Å². The number of aliphatic hydroxyl groups is 1. The Balaban J connectivity index is 2.39. The van der Waals surface area contributed by atoms with Crippen molar-refractivity contribution in [2.75, 3.05) is 0 Å². The largest absolute Gasteiger partial charge is 0.455 e. The molecule has 0 unspecified atom stereocenters. The third-order valence-electron chi connectivity index (χ3n) is 5.81. The molecular formula is C20H30O6. The van der Waals surface area contributed by atoms with Gasteiger partial charge in [-0.1, -0.05) is 27.4 Å². The van der Waals surface area contributed by atoms with Crippen molar-refractivity contribution >= 4 is 17.7 Å². The minimum absolute atomic E-state index is 0.0352. The number of hydrogen-bond donors (Lipinski definition) is 1. The molecule has 2 fully saturated rings. The number of ketones is 1. The fourth-order valence-electron chi connectivity index (χ4n) is 3.59. The van der Waals surface area contributed by atoms with Gasteiger partial charge in [0, 0.05) is 23.8 Å². The van der Waals surface area contributed by atoms with Gasteiger partial charge in [0.25, 0.3) is 0 Å². The molecule has 0 aromatic heterocycles. The van der Waals surface area contributed by atoms with Crippen LogP contribution in [0.5, 0.6) is 0 Å². The van der Waals surface area contributed by atoms with E-state index in [2.05, 4.69) is 6.58 Å². The highest BCUT2D eigenvalue weighted by Crippen LogP contribution is 2.39. The van der Waals surface area contributed by atoms with Crippen LogP contribution in [0.2, 0.25) is 0 Å². The lowest BCUT2D eigenvalue weighted by molar-refractivity contribution is -0.191. The monoisotopic (exact) mass is 366 g/mol. The topological polar surface area (TPSA) is 89.9 Å². The average molecular weight is 366 g/mol. The lowest BCUT2D eigenvalue weighted by atomic mass is 9.77. The van der Waals surface area contributed by atoms with Crippen LogP contribution in [-0.4, -0.2) is 40.6 Å². The van der Waals surface area contributed by atoms with E-state index >= 15 is 0 Å². The van der Waals surface area contributed by atoms with E-state index in [0.29, 0.717) is 25.7 Å². The van der Waals surface area contributed by atoms with E-state index in [0.717, 1.165) is 0 Å². The molecule has 0 aromatic rings. The fraction of sp³-hybridized carbons (Fsp3) is 0.750. The molecule has 1 N–H and O–H groups in total. The number of fused-ring (bicyclic) bond motifs is 1. The number of rotatable bonds is 3. The normalized spacial score (nSPS) is 36.9. The molecule has 6 nitrogen and oxygen atoms in total. The Bertz CT molecular complexity index is 593. The van der Waals surface area contributed by atoms with Crippen LogP contribution in [0.4, 0.5) is 0 Å². The number of esters is 2. The third kappa shape index (κ3) is 4.17. The van der Waals surface area contributed by atoms with Crippen molar-refractivity contribution in [2.24, 2.45) is 17.8 Å². The summed E-state index contributed by atoms with van der Waals surface area (Å²) in [6.45, 7) is 10.8. The maximum absolute atomic E-state index is 12.5. The summed E-state index contributed by atoms with van der Waals surface area (Å²) in [5.74, 6) is -2.08. The molecule has 0 radical (unpaired) electrons. The summed E-state index contributed by atoms with van der Waals surface area (Å²) in [6, 6.07) is 0. The van der Waals surface area contributed by atoms with Gasteiger partial charge in [-0.3, -0.25) is 9.59 Å². The van der Waals surface area contributed by atoms with E-state index in [9.17, 15) is 19.5 Å². The predicted octanol–water partition coefficient (Wildman–Crippen LogP) is 2.57. The van der Waals surface area contributed by atoms with Crippen LogP contribution in [-0.2, 0) is 23.9 Å². The first-order chi connectivity index (χ1) is 12.1. The standard InChI is InChI=1S/C20H30O6/c1-6-11(2)18(22)26-17-16-14(13(4)19(23)25-16)10-15(21)12(3)8-7-9-20(17,5)24/h11-12,14,16-17,24H,4,6-10H2,1-3,5H3/t11-,12+,14-,16-,17+,20-/m0/s1. The van der Waals surface area contributed by atoms with Crippen molar-refractivity contribution < 1.29 is 29.0 Å². The molecule has 1 saturated carbocycles. The van der Waals surface area contributed by atoms with Gasteiger partial charge in [0.15, 0.2) is 6.10 Å². The first kappa shape index (κ1) is 20.6. The quantitative estimate of drug-likeness (QED) is 0.610. The van der Waals surface area contributed by atoms with E-state index in [1.807, 2.05) is 13.8 Å². The zero-order valence-electron chi connectivity index (χ0n) is 16.1. The fourth-order valence-corrected chi connectivity index (χ4v) is 3.59. The van der Waals surface area contributed by atoms with Gasteiger partial charge in [-0.05, 0) is 32.6 Å². The first-order valence-electron chi connectivity index (χ1n) is 9.43. The minimum atomic E-state index is -1.36. The Kier molecular flexibility index (Phi) is 6.27. The van der Waals surface area contributed by atoms with Crippen molar-refractivity contribution in [3.63, 3.8) is 0 Å². The molecule has 1 aliphatic heterocycles. The Hall–Kier alpha value is -1.69. The Labute approximate surface area is 154 Å². The number of carbonyl (C=O) groups excluding carboxylic acids is 3. The van der Waals surface area contributed by atoms with Crippen LogP contribution in [0.1, 0.15) is 59.8 Å². The van der Waals surface area contributed by atoms with Gasteiger partial charge in [0.2, 0.25) is 0 Å². The zero-order valence-corrected chi connectivity index (χ0v) is 16.1. The van der Waals surface area contributed by atoms with Gasteiger partial charge in [-0.25, -0.2) is 4.79 Å². The Morgan fingerprint density at radius 2 is 2.12 bits per heavy atom. The van der Waals surface area contributed by atoms with Crippen LogP contribution in [0.25, 0.3) is 0 Å². The van der Waals surface area contributed by atoms with Crippen molar-refractivity contribution in [3.8, 4) is 0 Å². The van der Waals surface area contributed by atoms with Gasteiger partial charge < -0.3 is 14.6 Å². The lowest BCUT2D eigenvalue weighted by Crippen LogP contribution is -2.52. The molecule has 0 bridgehead atoms. The summed E-state index contributed by atoms with van der Waals surface area (Å²) < 4.78 is 11.1. The minimum Gasteiger partial charge on any atom is -0.455 e. The molecule has 2 aliphatic rings. The molecule has 0 amide bonds. The average Bonchev–Trinajstić information content (AvgIpc) is 2.85. The molecular weight excluding hydrogens is 336 g/mol. The number of hydrogen-bond acceptors (Lipinski definition) is 6. The zero-order chi connectivity index (χ0) is 19.6. The summed E-state index contributed by atoms with van der Waals surface area (Å²) in [5, 5.41) is 11.0. The summed E-state index contributed by atoms with van der Waals surface area (Å²) in [4.78, 5) is 37.0. The van der Waals surface area contributed by atoms with Gasteiger partial charge in [-0.2, -0.15) is 0 Å². The summed E-state index contributed by atoms with van der Waals surface area (Å²) >= 11 is 0. The van der Waals surface area contributed by atoms with Crippen molar-refractivity contribution in [1.29, 1.82) is 0 Å². The number of Topliss-reactive ketones (excluding diaryl/α,β-unsaturated/α-hetero) is 1. The molecule has 0 spiro atoms. The first-order valence-corrected chi connectivity index (χ1v) is 9.43. The van der Waals surface area contributed by atoms with E-state index in [4.69, 9.17) is 9.47 Å². The molecule has 6 heteroatoms. The summed E-state index contributed by atoms with van der Waals surface area (Å²) in [5.41, 5.74) is -1.16. The SMILES string of the molecule is C=C1C(=O)O[C@@H]2[C@@H](OC(=O)[C@@H](C)CC)[C@@](C)(O)CCC[C@@H](C)C(=O)C[C@@H]12. The highest BCUT2D eigenvalue weighted by atomic mass is 16.6. The van der Waals surface area contributed by atoms with E-state index < -0.39 is 35.7 Å². The molecule has 1 aliphatic carbocycles. The molecule has 1 saturated heterocycles. The van der Waals surface area contributed by atoms with Crippen molar-refractivity contribution in [1.82, 2.24) is 0 Å². The van der Waals surface area contributed by atoms with Crippen LogP contribution in [0.15, 0.2) is 12.2 Å². The summed E-state index contributed by atoms with van der Waals surface area (Å²) in [7, 11) is 0. The number of carbonyl (C=O) groups is 3. The third-order valence-corrected chi connectivity index (χ3v) is 5.81. The number of ether oxygens (including phenoxy) is 2. The molecule has 26 heavy (non-hydrogen) atoms. The molecule has 6 atom stereocenters. The Morgan fingerprint density at radius 1 is 1.46 bits per heavy atom. The maximum atomic E-state index is 12.5. The lowest BCUT2D eigenvalue weighted by Gasteiger charge is -2.38. The second kappa shape index (κ2) is 7.91. The Morgan fingerprint density at radius 3 is 2.73 bits per heavy atom. The van der Waals surface area contributed by atoms with E-state index in [-0.39, 0.29) is 29.6 Å². The second-order valence-electron chi connectivity index (χ2n) is 7.99.